The molecule has 3 heterocycles. The van der Waals surface area contributed by atoms with Crippen molar-refractivity contribution in [2.45, 2.75) is 12.4 Å². The van der Waals surface area contributed by atoms with E-state index in [2.05, 4.69) is 19.4 Å². The largest absolute Gasteiger partial charge is 0.497 e. The lowest BCUT2D eigenvalue weighted by Crippen LogP contribution is -2.24. The van der Waals surface area contributed by atoms with E-state index in [1.165, 1.54) is 0 Å². The fraction of sp³-hybridized carbons (Fsp3) is 0.235. The number of pyridine rings is 2. The lowest BCUT2D eigenvalue weighted by atomic mass is 10.1. The molecule has 12 heteroatoms. The first-order chi connectivity index (χ1) is 14.6. The zero-order chi connectivity index (χ0) is 23.9. The zero-order valence-corrected chi connectivity index (χ0v) is 14.0. The van der Waals surface area contributed by atoms with E-state index < -0.39 is 54.3 Å². The minimum absolute atomic E-state index is 0.342. The van der Waals surface area contributed by atoms with Crippen molar-refractivity contribution in [2.75, 3.05) is 13.6 Å². The van der Waals surface area contributed by atoms with Gasteiger partial charge < -0.3 is 9.47 Å². The Morgan fingerprint density at radius 2 is 1.93 bits per heavy atom. The quantitative estimate of drug-likeness (QED) is 0.600. The second-order valence-corrected chi connectivity index (χ2v) is 5.62. The molecule has 0 amide bonds. The van der Waals surface area contributed by atoms with E-state index in [0.717, 1.165) is 41.1 Å². The molecule has 29 heavy (non-hydrogen) atoms. The Balaban J connectivity index is 2.11. The summed E-state index contributed by atoms with van der Waals surface area (Å²) in [6.45, 7) is -1.66. The van der Waals surface area contributed by atoms with E-state index >= 15 is 0 Å². The molecule has 154 valence electrons. The van der Waals surface area contributed by atoms with E-state index in [4.69, 9.17) is 4.11 Å². The van der Waals surface area contributed by atoms with Gasteiger partial charge in [0.25, 0.3) is 5.56 Å². The summed E-state index contributed by atoms with van der Waals surface area (Å²) in [4.78, 5) is 19.7. The second-order valence-electron chi connectivity index (χ2n) is 5.62. The Bertz CT molecular complexity index is 1190. The second kappa shape index (κ2) is 7.26. The van der Waals surface area contributed by atoms with Crippen LogP contribution in [-0.2, 0) is 6.18 Å². The fourth-order valence-corrected chi connectivity index (χ4v) is 2.42. The minimum Gasteiger partial charge on any atom is -0.497 e. The van der Waals surface area contributed by atoms with Gasteiger partial charge in [0.05, 0.1) is 16.7 Å². The minimum atomic E-state index is -5.10. The van der Waals surface area contributed by atoms with Gasteiger partial charge in [0.15, 0.2) is 12.3 Å². The van der Waals surface area contributed by atoms with E-state index in [1.807, 2.05) is 0 Å². The summed E-state index contributed by atoms with van der Waals surface area (Å²) in [5.74, 6) is -0.856. The Morgan fingerprint density at radius 3 is 2.52 bits per heavy atom. The molecule has 3 aromatic rings. The first-order valence-electron chi connectivity index (χ1n) is 9.13. The molecular formula is C17H11F6N3O3. The average molecular weight is 422 g/mol. The van der Waals surface area contributed by atoms with Crippen LogP contribution in [0, 0.1) is 0 Å². The van der Waals surface area contributed by atoms with Gasteiger partial charge in [0.1, 0.15) is 11.4 Å². The number of ether oxygens (including phenoxy) is 2. The SMILES string of the molecule is [2H]C([2H])([2H])Oc1ccn2c(=O)c(-c3ccc(OCC(F)(F)F)nc3)c(C(F)(F)F)nc2c1. The van der Waals surface area contributed by atoms with E-state index in [-0.39, 0.29) is 11.3 Å². The average Bonchev–Trinajstić information content (AvgIpc) is 2.64. The Hall–Kier alpha value is -3.31. The number of nitrogens with zero attached hydrogens (tertiary/aromatic N) is 3. The summed E-state index contributed by atoms with van der Waals surface area (Å²) >= 11 is 0. The van der Waals surface area contributed by atoms with Gasteiger partial charge >= 0.3 is 12.4 Å². The lowest BCUT2D eigenvalue weighted by Gasteiger charge is -2.14. The maximum atomic E-state index is 13.6. The van der Waals surface area contributed by atoms with Gasteiger partial charge in [0, 0.05) is 30.1 Å². The zero-order valence-electron chi connectivity index (χ0n) is 17.0. The highest BCUT2D eigenvalue weighted by molar-refractivity contribution is 5.67. The smallest absolute Gasteiger partial charge is 0.434 e. The summed E-state index contributed by atoms with van der Waals surface area (Å²) in [5.41, 5.74) is -4.58. The fourth-order valence-electron chi connectivity index (χ4n) is 2.42. The van der Waals surface area contributed by atoms with Crippen molar-refractivity contribution in [1.82, 2.24) is 14.4 Å². The van der Waals surface area contributed by atoms with Crippen molar-refractivity contribution in [3.8, 4) is 22.8 Å². The molecule has 0 fully saturated rings. The third-order valence-electron chi connectivity index (χ3n) is 3.60. The highest BCUT2D eigenvalue weighted by Crippen LogP contribution is 2.34. The predicted molar refractivity (Wildman–Crippen MR) is 87.8 cm³/mol. The molecule has 0 atom stereocenters. The van der Waals surface area contributed by atoms with Crippen molar-refractivity contribution >= 4 is 5.65 Å². The number of halogens is 6. The molecule has 3 aromatic heterocycles. The third-order valence-corrected chi connectivity index (χ3v) is 3.60. The van der Waals surface area contributed by atoms with Gasteiger partial charge in [0.2, 0.25) is 5.88 Å². The van der Waals surface area contributed by atoms with E-state index in [0.29, 0.717) is 0 Å². The Morgan fingerprint density at radius 1 is 1.17 bits per heavy atom. The number of rotatable bonds is 4. The summed E-state index contributed by atoms with van der Waals surface area (Å²) in [7, 11) is -2.88. The Kier molecular flexibility index (Phi) is 4.16. The molecule has 0 aliphatic heterocycles. The Labute approximate surface area is 162 Å². The molecule has 0 saturated carbocycles. The highest BCUT2D eigenvalue weighted by Gasteiger charge is 2.38. The van der Waals surface area contributed by atoms with Gasteiger partial charge in [-0.25, -0.2) is 9.97 Å². The molecular weight excluding hydrogens is 408 g/mol. The maximum Gasteiger partial charge on any atom is 0.434 e. The van der Waals surface area contributed by atoms with Gasteiger partial charge in [-0.15, -0.1) is 0 Å². The van der Waals surface area contributed by atoms with Crippen LogP contribution in [0.2, 0.25) is 0 Å². The van der Waals surface area contributed by atoms with Crippen molar-refractivity contribution in [2.24, 2.45) is 0 Å². The molecule has 0 bridgehead atoms. The lowest BCUT2D eigenvalue weighted by molar-refractivity contribution is -0.154. The third kappa shape index (κ3) is 4.41. The molecule has 6 nitrogen and oxygen atoms in total. The summed E-state index contributed by atoms with van der Waals surface area (Å²) in [5, 5.41) is 0. The number of methoxy groups -OCH3 is 1. The normalized spacial score (nSPS) is 14.2. The van der Waals surface area contributed by atoms with Crippen LogP contribution in [0.3, 0.4) is 0 Å². The van der Waals surface area contributed by atoms with Crippen LogP contribution in [0.1, 0.15) is 9.81 Å². The van der Waals surface area contributed by atoms with E-state index in [1.54, 1.807) is 0 Å². The number of alkyl halides is 6. The predicted octanol–water partition coefficient (Wildman–Crippen LogP) is 3.73. The van der Waals surface area contributed by atoms with Crippen LogP contribution < -0.4 is 15.0 Å². The molecule has 0 N–H and O–H groups in total. The number of aromatic nitrogens is 3. The number of hydrogen-bond donors (Lipinski definition) is 0. The van der Waals surface area contributed by atoms with Gasteiger partial charge in [-0.1, -0.05) is 0 Å². The van der Waals surface area contributed by atoms with Crippen molar-refractivity contribution in [3.63, 3.8) is 0 Å². The van der Waals surface area contributed by atoms with Crippen molar-refractivity contribution in [3.05, 3.63) is 52.7 Å². The van der Waals surface area contributed by atoms with Crippen LogP contribution in [0.15, 0.2) is 41.5 Å². The summed E-state index contributed by atoms with van der Waals surface area (Å²) in [6, 6.07) is 3.71. The van der Waals surface area contributed by atoms with Gasteiger partial charge in [-0.05, 0) is 12.1 Å². The monoisotopic (exact) mass is 422 g/mol. The first-order valence-corrected chi connectivity index (χ1v) is 7.63. The van der Waals surface area contributed by atoms with Crippen molar-refractivity contribution < 1.29 is 39.9 Å². The molecule has 0 spiro atoms. The molecule has 0 aliphatic carbocycles. The topological polar surface area (TPSA) is 65.7 Å². The van der Waals surface area contributed by atoms with Crippen molar-refractivity contribution in [1.29, 1.82) is 0 Å². The molecule has 0 saturated heterocycles. The summed E-state index contributed by atoms with van der Waals surface area (Å²) in [6.07, 6.45) is -8.02. The van der Waals surface area contributed by atoms with Crippen LogP contribution in [0.25, 0.3) is 16.8 Å². The number of hydrogen-bond acceptors (Lipinski definition) is 5. The number of fused-ring (bicyclic) bond motifs is 1. The first kappa shape index (κ1) is 16.6. The van der Waals surface area contributed by atoms with Gasteiger partial charge in [-0.3, -0.25) is 9.20 Å². The molecule has 0 aromatic carbocycles. The maximum absolute atomic E-state index is 13.6. The molecule has 0 aliphatic rings. The molecule has 0 radical (unpaired) electrons. The van der Waals surface area contributed by atoms with Crippen LogP contribution >= 0.6 is 0 Å². The van der Waals surface area contributed by atoms with Crippen LogP contribution in [0.4, 0.5) is 26.3 Å². The molecule has 3 rings (SSSR count). The van der Waals surface area contributed by atoms with Crippen LogP contribution in [0.5, 0.6) is 11.6 Å². The van der Waals surface area contributed by atoms with E-state index in [9.17, 15) is 31.1 Å². The summed E-state index contributed by atoms with van der Waals surface area (Å²) < 4.78 is 108. The van der Waals surface area contributed by atoms with Crippen LogP contribution in [-0.4, -0.2) is 34.2 Å². The van der Waals surface area contributed by atoms with Gasteiger partial charge in [-0.2, -0.15) is 26.3 Å². The standard InChI is InChI=1S/C17H11F6N3O3/c1-28-10-4-5-26-11(6-10)25-14(17(21,22)23)13(15(26)27)9-2-3-12(24-7-9)29-8-16(18,19)20/h2-7H,8H2,1H3/i1D3. The molecule has 0 unspecified atom stereocenters. The highest BCUT2D eigenvalue weighted by atomic mass is 19.4.